The molecule has 0 fully saturated rings. The van der Waals surface area contributed by atoms with Gasteiger partial charge in [0.15, 0.2) is 0 Å². The molecule has 0 aromatic carbocycles. The maximum atomic E-state index is 5.49. The van der Waals surface area contributed by atoms with E-state index in [0.717, 1.165) is 19.8 Å². The fourth-order valence-electron chi connectivity index (χ4n) is 2.08. The van der Waals surface area contributed by atoms with Gasteiger partial charge in [-0.15, -0.1) is 0 Å². The summed E-state index contributed by atoms with van der Waals surface area (Å²) in [6, 6.07) is 0. The minimum Gasteiger partial charge on any atom is -0.383 e. The van der Waals surface area contributed by atoms with Gasteiger partial charge in [-0.2, -0.15) is 0 Å². The van der Waals surface area contributed by atoms with Crippen molar-refractivity contribution in [2.45, 2.75) is 71.1 Å². The van der Waals surface area contributed by atoms with Crippen molar-refractivity contribution in [2.24, 2.45) is 0 Å². The summed E-state index contributed by atoms with van der Waals surface area (Å²) in [5.41, 5.74) is 0. The van der Waals surface area contributed by atoms with Gasteiger partial charge in [0.25, 0.3) is 0 Å². The van der Waals surface area contributed by atoms with Gasteiger partial charge < -0.3 is 9.47 Å². The Bertz CT molecular complexity index is 138. The van der Waals surface area contributed by atoms with Crippen LogP contribution >= 0.6 is 0 Å². The van der Waals surface area contributed by atoms with Crippen molar-refractivity contribution in [3.05, 3.63) is 0 Å². The van der Waals surface area contributed by atoms with E-state index in [0.29, 0.717) is 6.73 Å². The lowest BCUT2D eigenvalue weighted by Crippen LogP contribution is -2.22. The van der Waals surface area contributed by atoms with Gasteiger partial charge >= 0.3 is 0 Å². The Hall–Kier alpha value is -0.120. The van der Waals surface area contributed by atoms with Crippen LogP contribution in [0.5, 0.6) is 0 Å². The van der Waals surface area contributed by atoms with E-state index >= 15 is 0 Å². The Morgan fingerprint density at radius 2 is 1.32 bits per heavy atom. The summed E-state index contributed by atoms with van der Waals surface area (Å²) in [6.07, 6.45) is 13.8. The summed E-state index contributed by atoms with van der Waals surface area (Å²) in [5.74, 6) is 0. The van der Waals surface area contributed by atoms with E-state index in [4.69, 9.17) is 9.47 Å². The van der Waals surface area contributed by atoms with Gasteiger partial charge in [-0.1, -0.05) is 64.7 Å². The predicted octanol–water partition coefficient (Wildman–Crippen LogP) is 4.12. The molecule has 0 aliphatic rings. The molecule has 0 aliphatic carbocycles. The van der Waals surface area contributed by atoms with Crippen molar-refractivity contribution in [3.63, 3.8) is 0 Å². The average Bonchev–Trinajstić information content (AvgIpc) is 2.43. The Labute approximate surface area is 120 Å². The summed E-state index contributed by atoms with van der Waals surface area (Å²) in [4.78, 5) is 0. The molecular formula is C16H35NO2. The molecule has 0 aromatic rings. The van der Waals surface area contributed by atoms with Gasteiger partial charge in [-0.3, -0.25) is 5.32 Å². The van der Waals surface area contributed by atoms with Crippen LogP contribution in [0.1, 0.15) is 71.1 Å². The minimum atomic E-state index is 0.654. The first-order valence-electron chi connectivity index (χ1n) is 8.19. The maximum absolute atomic E-state index is 5.49. The van der Waals surface area contributed by atoms with Crippen molar-refractivity contribution in [1.29, 1.82) is 0 Å². The molecule has 0 atom stereocenters. The normalized spacial score (nSPS) is 11.1. The number of nitrogens with one attached hydrogen (secondary N) is 1. The van der Waals surface area contributed by atoms with E-state index in [1.807, 2.05) is 0 Å². The molecule has 3 nitrogen and oxygen atoms in total. The number of methoxy groups -OCH3 is 1. The fourth-order valence-corrected chi connectivity index (χ4v) is 2.08. The standard InChI is InChI=1S/C16H35NO2/c1-3-4-5-6-7-8-9-10-11-12-14-19-16-17-13-15-18-2/h17H,3-16H2,1-2H3. The molecule has 19 heavy (non-hydrogen) atoms. The van der Waals surface area contributed by atoms with E-state index in [1.165, 1.54) is 64.2 Å². The third-order valence-corrected chi connectivity index (χ3v) is 3.33. The summed E-state index contributed by atoms with van der Waals surface area (Å²) in [7, 11) is 1.71. The molecule has 0 saturated heterocycles. The van der Waals surface area contributed by atoms with E-state index < -0.39 is 0 Å². The molecule has 0 saturated carbocycles. The molecule has 0 unspecified atom stereocenters. The van der Waals surface area contributed by atoms with Crippen molar-refractivity contribution < 1.29 is 9.47 Å². The van der Waals surface area contributed by atoms with Crippen LogP contribution in [-0.4, -0.2) is 33.6 Å². The topological polar surface area (TPSA) is 30.5 Å². The Morgan fingerprint density at radius 3 is 1.89 bits per heavy atom. The molecule has 0 aliphatic heterocycles. The number of ether oxygens (including phenoxy) is 2. The van der Waals surface area contributed by atoms with Crippen LogP contribution in [-0.2, 0) is 9.47 Å². The molecule has 3 heteroatoms. The molecule has 116 valence electrons. The van der Waals surface area contributed by atoms with Crippen LogP contribution in [0.15, 0.2) is 0 Å². The van der Waals surface area contributed by atoms with Crippen LogP contribution in [0, 0.1) is 0 Å². The summed E-state index contributed by atoms with van der Waals surface area (Å²) in [5, 5.41) is 3.17. The molecule has 0 bridgehead atoms. The predicted molar refractivity (Wildman–Crippen MR) is 82.5 cm³/mol. The number of unbranched alkanes of at least 4 members (excludes halogenated alkanes) is 9. The number of hydrogen-bond donors (Lipinski definition) is 1. The van der Waals surface area contributed by atoms with E-state index in [2.05, 4.69) is 12.2 Å². The first-order valence-corrected chi connectivity index (χ1v) is 8.19. The molecule has 1 N–H and O–H groups in total. The minimum absolute atomic E-state index is 0.654. The lowest BCUT2D eigenvalue weighted by molar-refractivity contribution is 0.104. The van der Waals surface area contributed by atoms with Crippen LogP contribution in [0.2, 0.25) is 0 Å². The third-order valence-electron chi connectivity index (χ3n) is 3.33. The molecule has 0 aromatic heterocycles. The average molecular weight is 273 g/mol. The molecule has 0 heterocycles. The molecule has 0 spiro atoms. The summed E-state index contributed by atoms with van der Waals surface area (Å²) < 4.78 is 10.4. The second kappa shape index (κ2) is 17.9. The zero-order valence-electron chi connectivity index (χ0n) is 13.2. The third kappa shape index (κ3) is 17.9. The zero-order valence-corrected chi connectivity index (χ0v) is 13.2. The molecule has 0 rings (SSSR count). The molecule has 0 radical (unpaired) electrons. The van der Waals surface area contributed by atoms with Crippen molar-refractivity contribution in [3.8, 4) is 0 Å². The van der Waals surface area contributed by atoms with Gasteiger partial charge in [0.1, 0.15) is 0 Å². The number of hydrogen-bond acceptors (Lipinski definition) is 3. The molecule has 0 amide bonds. The summed E-state index contributed by atoms with van der Waals surface area (Å²) >= 11 is 0. The van der Waals surface area contributed by atoms with E-state index in [-0.39, 0.29) is 0 Å². The highest BCUT2D eigenvalue weighted by Crippen LogP contribution is 2.10. The van der Waals surface area contributed by atoms with Crippen molar-refractivity contribution in [2.75, 3.05) is 33.6 Å². The highest BCUT2D eigenvalue weighted by Gasteiger charge is 1.93. The Kier molecular flexibility index (Phi) is 17.8. The maximum Gasteiger partial charge on any atom is 0.0966 e. The van der Waals surface area contributed by atoms with E-state index in [9.17, 15) is 0 Å². The van der Waals surface area contributed by atoms with Gasteiger partial charge in [-0.05, 0) is 6.42 Å². The van der Waals surface area contributed by atoms with Crippen LogP contribution in [0.25, 0.3) is 0 Å². The molecular weight excluding hydrogens is 238 g/mol. The summed E-state index contributed by atoms with van der Waals surface area (Å²) in [6.45, 7) is 5.43. The van der Waals surface area contributed by atoms with Crippen molar-refractivity contribution in [1.82, 2.24) is 5.32 Å². The van der Waals surface area contributed by atoms with Crippen LogP contribution in [0.3, 0.4) is 0 Å². The zero-order chi connectivity index (χ0) is 14.0. The van der Waals surface area contributed by atoms with Gasteiger partial charge in [0, 0.05) is 20.3 Å². The first-order chi connectivity index (χ1) is 9.41. The second-order valence-electron chi connectivity index (χ2n) is 5.23. The highest BCUT2D eigenvalue weighted by atomic mass is 16.5. The Morgan fingerprint density at radius 1 is 0.737 bits per heavy atom. The lowest BCUT2D eigenvalue weighted by Gasteiger charge is -2.06. The Balaban J connectivity index is 2.88. The monoisotopic (exact) mass is 273 g/mol. The van der Waals surface area contributed by atoms with Crippen LogP contribution in [0.4, 0.5) is 0 Å². The SMILES string of the molecule is CCCCCCCCCCCCOCNCCOC. The first kappa shape index (κ1) is 18.9. The van der Waals surface area contributed by atoms with Gasteiger partial charge in [0.2, 0.25) is 0 Å². The quantitative estimate of drug-likeness (QED) is 0.339. The van der Waals surface area contributed by atoms with E-state index in [1.54, 1.807) is 7.11 Å². The smallest absolute Gasteiger partial charge is 0.0966 e. The number of rotatable bonds is 16. The van der Waals surface area contributed by atoms with Crippen molar-refractivity contribution >= 4 is 0 Å². The van der Waals surface area contributed by atoms with Gasteiger partial charge in [-0.25, -0.2) is 0 Å². The highest BCUT2D eigenvalue weighted by molar-refractivity contribution is 4.47. The lowest BCUT2D eigenvalue weighted by atomic mass is 10.1. The largest absolute Gasteiger partial charge is 0.383 e. The van der Waals surface area contributed by atoms with Gasteiger partial charge in [0.05, 0.1) is 13.3 Å². The second-order valence-corrected chi connectivity index (χ2v) is 5.23. The fraction of sp³-hybridized carbons (Fsp3) is 1.00. The van der Waals surface area contributed by atoms with Crippen LogP contribution < -0.4 is 5.32 Å².